The molecule has 0 aromatic heterocycles. The summed E-state index contributed by atoms with van der Waals surface area (Å²) < 4.78 is 5.84. The molecule has 140 valence electrons. The van der Waals surface area contributed by atoms with Gasteiger partial charge in [0.15, 0.2) is 5.78 Å². The van der Waals surface area contributed by atoms with Crippen LogP contribution in [0.2, 0.25) is 0 Å². The smallest absolute Gasteiger partial charge is 0.163 e. The fraction of sp³-hybridized carbons (Fsp3) is 0.600. The summed E-state index contributed by atoms with van der Waals surface area (Å²) in [6.45, 7) is 6.41. The van der Waals surface area contributed by atoms with Gasteiger partial charge in [0.1, 0.15) is 11.5 Å². The first-order valence-corrected chi connectivity index (χ1v) is 9.43. The summed E-state index contributed by atoms with van der Waals surface area (Å²) >= 11 is 3.70. The molecule has 0 bridgehead atoms. The number of nitrogens with zero attached hydrogens (tertiary/aromatic N) is 1. The van der Waals surface area contributed by atoms with Gasteiger partial charge in [-0.3, -0.25) is 4.79 Å². The fourth-order valence-electron chi connectivity index (χ4n) is 2.59. The van der Waals surface area contributed by atoms with E-state index in [0.29, 0.717) is 12.2 Å². The minimum atomic E-state index is -0.114. The molecule has 5 heteroatoms. The second kappa shape index (κ2) is 14.5. The summed E-state index contributed by atoms with van der Waals surface area (Å²) in [5, 5.41) is 18.7. The number of benzene rings is 1. The maximum atomic E-state index is 11.5. The number of nitriles is 1. The van der Waals surface area contributed by atoms with Gasteiger partial charge in [-0.05, 0) is 31.9 Å². The topological polar surface area (TPSA) is 70.3 Å². The minimum Gasteiger partial charge on any atom is -0.696 e. The molecule has 0 fully saturated rings. The Bertz CT molecular complexity index is 553. The summed E-state index contributed by atoms with van der Waals surface area (Å²) in [6.07, 6.45) is 8.96. The summed E-state index contributed by atoms with van der Waals surface area (Å²) in [5.74, 6) is 0.699. The Morgan fingerprint density at radius 1 is 1.16 bits per heavy atom. The lowest BCUT2D eigenvalue weighted by Gasteiger charge is -2.14. The van der Waals surface area contributed by atoms with Crippen molar-refractivity contribution in [1.82, 2.24) is 0 Å². The molecular formula is C20H30NO3S-. The number of ether oxygens (including phenoxy) is 1. The summed E-state index contributed by atoms with van der Waals surface area (Å²) in [7, 11) is 0. The highest BCUT2D eigenvalue weighted by atomic mass is 32.1. The van der Waals surface area contributed by atoms with Gasteiger partial charge in [-0.25, -0.2) is 5.26 Å². The normalized spacial score (nSPS) is 9.68. The number of carbonyl (C=O) groups excluding carboxylic acids is 1. The van der Waals surface area contributed by atoms with Crippen LogP contribution in [0.1, 0.15) is 81.6 Å². The summed E-state index contributed by atoms with van der Waals surface area (Å²) in [5.41, 5.74) is 1.15. The molecule has 0 saturated carbocycles. The Labute approximate surface area is 157 Å². The van der Waals surface area contributed by atoms with Crippen LogP contribution in [0.5, 0.6) is 11.5 Å². The zero-order valence-electron chi connectivity index (χ0n) is 15.6. The van der Waals surface area contributed by atoms with Gasteiger partial charge in [0.05, 0.1) is 12.2 Å². The molecule has 0 saturated heterocycles. The van der Waals surface area contributed by atoms with E-state index in [9.17, 15) is 9.90 Å². The predicted molar refractivity (Wildman–Crippen MR) is 104 cm³/mol. The maximum absolute atomic E-state index is 11.5. The van der Waals surface area contributed by atoms with Crippen molar-refractivity contribution in [3.8, 4) is 16.9 Å². The van der Waals surface area contributed by atoms with E-state index >= 15 is 0 Å². The third kappa shape index (κ3) is 9.31. The van der Waals surface area contributed by atoms with Crippen LogP contribution in [-0.4, -0.2) is 17.5 Å². The van der Waals surface area contributed by atoms with E-state index in [1.165, 1.54) is 44.4 Å². The number of carbonyl (C=O) groups is 1. The number of phenols is 1. The average Bonchev–Trinajstić information content (AvgIpc) is 2.57. The molecule has 0 aliphatic rings. The van der Waals surface area contributed by atoms with Crippen LogP contribution in [0.25, 0.3) is 0 Å². The molecule has 1 aromatic carbocycles. The summed E-state index contributed by atoms with van der Waals surface area (Å²) in [4.78, 5) is 11.5. The highest BCUT2D eigenvalue weighted by Gasteiger charge is 2.15. The molecule has 4 nitrogen and oxygen atoms in total. The number of aromatic hydroxyl groups is 1. The fourth-order valence-corrected chi connectivity index (χ4v) is 2.59. The number of ketones is 1. The van der Waals surface area contributed by atoms with Crippen molar-refractivity contribution in [1.29, 1.82) is 5.26 Å². The molecule has 1 aromatic rings. The van der Waals surface area contributed by atoms with Crippen molar-refractivity contribution in [3.63, 3.8) is 0 Å². The summed E-state index contributed by atoms with van der Waals surface area (Å²) in [6, 6.07) is 3.48. The molecule has 1 N–H and O–H groups in total. The van der Waals surface area contributed by atoms with Crippen molar-refractivity contribution in [3.05, 3.63) is 23.3 Å². The van der Waals surface area contributed by atoms with Gasteiger partial charge in [-0.1, -0.05) is 57.8 Å². The molecule has 0 spiro atoms. The Hall–Kier alpha value is -1.80. The molecule has 0 radical (unpaired) electrons. The lowest BCUT2D eigenvalue weighted by atomic mass is 10.0. The van der Waals surface area contributed by atoms with Crippen molar-refractivity contribution >= 4 is 18.4 Å². The number of hydrogen-bond donors (Lipinski definition) is 1. The zero-order chi connectivity index (χ0) is 19.1. The van der Waals surface area contributed by atoms with E-state index in [0.717, 1.165) is 30.6 Å². The second-order valence-electron chi connectivity index (χ2n) is 5.95. The van der Waals surface area contributed by atoms with Crippen LogP contribution in [0.4, 0.5) is 0 Å². The van der Waals surface area contributed by atoms with Gasteiger partial charge >= 0.3 is 0 Å². The van der Waals surface area contributed by atoms with Gasteiger partial charge in [0, 0.05) is 5.56 Å². The molecule has 0 unspecified atom stereocenters. The second-order valence-corrected chi connectivity index (χ2v) is 6.13. The Balaban J connectivity index is 0.00000178. The lowest BCUT2D eigenvalue weighted by molar-refractivity contribution is 0.101. The number of unbranched alkanes of at least 4 members (excludes halogenated alkanes) is 5. The molecule has 0 aliphatic carbocycles. The van der Waals surface area contributed by atoms with Crippen molar-refractivity contribution < 1.29 is 14.6 Å². The van der Waals surface area contributed by atoms with Crippen molar-refractivity contribution in [2.75, 3.05) is 6.61 Å². The molecule has 0 aliphatic heterocycles. The number of thiocyanates is 1. The third-order valence-corrected chi connectivity index (χ3v) is 3.87. The third-order valence-electron chi connectivity index (χ3n) is 3.87. The number of rotatable bonds is 11. The molecule has 25 heavy (non-hydrogen) atoms. The first-order valence-electron chi connectivity index (χ1n) is 9.03. The SMILES string of the molecule is CCCCCCCCOc1ccc(C(C)=O)c(O)c1CCC.N#C[S-]. The largest absolute Gasteiger partial charge is 0.696 e. The molecule has 0 atom stereocenters. The van der Waals surface area contributed by atoms with Crippen molar-refractivity contribution in [2.45, 2.75) is 72.1 Å². The van der Waals surface area contributed by atoms with Crippen LogP contribution >= 0.6 is 0 Å². The van der Waals surface area contributed by atoms with Gasteiger partial charge in [0.25, 0.3) is 0 Å². The zero-order valence-corrected chi connectivity index (χ0v) is 16.5. The molecule has 0 heterocycles. The Morgan fingerprint density at radius 2 is 1.76 bits per heavy atom. The Morgan fingerprint density at radius 3 is 2.32 bits per heavy atom. The average molecular weight is 365 g/mol. The first kappa shape index (κ1) is 23.2. The highest BCUT2D eigenvalue weighted by molar-refractivity contribution is 7.64. The van der Waals surface area contributed by atoms with E-state index < -0.39 is 0 Å². The van der Waals surface area contributed by atoms with E-state index in [4.69, 9.17) is 10.00 Å². The number of Topliss-reactive ketones (excluding diaryl/α,β-unsaturated/α-hetero) is 1. The van der Waals surface area contributed by atoms with E-state index in [2.05, 4.69) is 26.5 Å². The van der Waals surface area contributed by atoms with Crippen LogP contribution in [0, 0.1) is 10.7 Å². The Kier molecular flexibility index (Phi) is 13.5. The minimum absolute atomic E-state index is 0.0924. The van der Waals surface area contributed by atoms with Gasteiger partial charge in [-0.15, -0.1) is 0 Å². The maximum Gasteiger partial charge on any atom is 0.163 e. The lowest BCUT2D eigenvalue weighted by Crippen LogP contribution is -2.03. The van der Waals surface area contributed by atoms with E-state index in [-0.39, 0.29) is 11.5 Å². The standard InChI is InChI=1S/C19H30O3.CHNS/c1-4-6-7-8-9-10-14-22-18-13-12-16(15(3)20)19(21)17(18)11-5-2;2-1-3/h12-13,21H,4-11,14H2,1-3H3;3H/p-1. The predicted octanol–water partition coefficient (Wildman–Crippen LogP) is 5.30. The van der Waals surface area contributed by atoms with Gasteiger partial charge in [0.2, 0.25) is 0 Å². The first-order chi connectivity index (χ1) is 12.0. The van der Waals surface area contributed by atoms with Crippen LogP contribution < -0.4 is 4.74 Å². The monoisotopic (exact) mass is 364 g/mol. The molecule has 0 amide bonds. The highest BCUT2D eigenvalue weighted by Crippen LogP contribution is 2.33. The van der Waals surface area contributed by atoms with Crippen molar-refractivity contribution in [2.24, 2.45) is 0 Å². The van der Waals surface area contributed by atoms with Crippen LogP contribution in [0.3, 0.4) is 0 Å². The molecule has 1 rings (SSSR count). The number of hydrogen-bond acceptors (Lipinski definition) is 5. The quantitative estimate of drug-likeness (QED) is 0.250. The number of phenolic OH excluding ortho intramolecular Hbond substituents is 1. The molecular weight excluding hydrogens is 334 g/mol. The van der Waals surface area contributed by atoms with Crippen LogP contribution in [0.15, 0.2) is 12.1 Å². The van der Waals surface area contributed by atoms with Gasteiger partial charge in [-0.2, -0.15) is 0 Å². The van der Waals surface area contributed by atoms with E-state index in [1.54, 1.807) is 6.07 Å². The van der Waals surface area contributed by atoms with Gasteiger partial charge < -0.3 is 22.5 Å². The van der Waals surface area contributed by atoms with E-state index in [1.807, 2.05) is 6.07 Å². The van der Waals surface area contributed by atoms with Crippen LogP contribution in [-0.2, 0) is 19.0 Å².